The van der Waals surface area contributed by atoms with E-state index in [1.165, 1.54) is 4.52 Å². The Balaban J connectivity index is 1.70. The average molecular weight is 337 g/mol. The van der Waals surface area contributed by atoms with Crippen molar-refractivity contribution >= 4 is 23.1 Å². The van der Waals surface area contributed by atoms with E-state index in [0.717, 1.165) is 41.9 Å². The van der Waals surface area contributed by atoms with E-state index in [-0.39, 0.29) is 17.3 Å². The van der Waals surface area contributed by atoms with Crippen LogP contribution >= 0.6 is 0 Å². The highest BCUT2D eigenvalue weighted by molar-refractivity contribution is 6.11. The average Bonchev–Trinajstić information content (AvgIpc) is 2.89. The molecule has 8 heteroatoms. The fraction of sp³-hybridized carbons (Fsp3) is 0.294. The summed E-state index contributed by atoms with van der Waals surface area (Å²) in [5, 5.41) is 7.12. The Kier molecular flexibility index (Phi) is 3.61. The van der Waals surface area contributed by atoms with Crippen LogP contribution in [0.3, 0.4) is 0 Å². The smallest absolute Gasteiger partial charge is 0.263 e. The van der Waals surface area contributed by atoms with E-state index in [2.05, 4.69) is 32.3 Å². The summed E-state index contributed by atoms with van der Waals surface area (Å²) in [6.45, 7) is 3.67. The fourth-order valence-corrected chi connectivity index (χ4v) is 3.19. The number of nitrogen functional groups attached to an aromatic ring is 1. The molecule has 3 N–H and O–H groups in total. The summed E-state index contributed by atoms with van der Waals surface area (Å²) < 4.78 is 1.53. The first-order valence-electron chi connectivity index (χ1n) is 8.09. The summed E-state index contributed by atoms with van der Waals surface area (Å²) in [7, 11) is 2.07. The van der Waals surface area contributed by atoms with Crippen molar-refractivity contribution in [3.63, 3.8) is 0 Å². The van der Waals surface area contributed by atoms with Gasteiger partial charge in [-0.3, -0.25) is 9.78 Å². The number of anilines is 2. The number of rotatable bonds is 2. The molecule has 0 aromatic carbocycles. The van der Waals surface area contributed by atoms with Crippen molar-refractivity contribution in [1.29, 1.82) is 0 Å². The molecule has 3 aromatic heterocycles. The van der Waals surface area contributed by atoms with Crippen LogP contribution in [0.4, 0.5) is 11.5 Å². The van der Waals surface area contributed by atoms with Crippen LogP contribution in [0.5, 0.6) is 0 Å². The lowest BCUT2D eigenvalue weighted by Crippen LogP contribution is -2.28. The summed E-state index contributed by atoms with van der Waals surface area (Å²) in [4.78, 5) is 23.6. The van der Waals surface area contributed by atoms with Gasteiger partial charge in [0.25, 0.3) is 5.91 Å². The number of hydrogen-bond acceptors (Lipinski definition) is 6. The lowest BCUT2D eigenvalue weighted by atomic mass is 10.0. The lowest BCUT2D eigenvalue weighted by Gasteiger charge is -2.26. The Labute approximate surface area is 144 Å². The quantitative estimate of drug-likeness (QED) is 0.730. The molecule has 128 valence electrons. The number of aryl methyl sites for hydroxylation is 1. The van der Waals surface area contributed by atoms with E-state index in [9.17, 15) is 4.79 Å². The van der Waals surface area contributed by atoms with Crippen molar-refractivity contribution in [2.45, 2.75) is 19.9 Å². The van der Waals surface area contributed by atoms with Gasteiger partial charge >= 0.3 is 0 Å². The molecule has 0 atom stereocenters. The zero-order valence-electron chi connectivity index (χ0n) is 14.2. The summed E-state index contributed by atoms with van der Waals surface area (Å²) in [6.07, 6.45) is 7.88. The standard InChI is InChI=1S/C17H19N7O/c1-10-5-20-16-14(15(18)22-24(16)8-10)17(25)21-13-7-19-6-11-9-23(2)4-3-12(11)13/h5-8H,3-4,9H2,1-2H3,(H2,18,22)(H,21,25). The van der Waals surface area contributed by atoms with E-state index in [4.69, 9.17) is 5.73 Å². The fourth-order valence-electron chi connectivity index (χ4n) is 3.19. The SMILES string of the molecule is Cc1cnc2c(C(=O)Nc3cncc4c3CCN(C)C4)c(N)nn2c1. The van der Waals surface area contributed by atoms with Gasteiger partial charge in [0.05, 0.1) is 11.9 Å². The van der Waals surface area contributed by atoms with Crippen LogP contribution in [0.2, 0.25) is 0 Å². The first-order valence-corrected chi connectivity index (χ1v) is 8.09. The summed E-state index contributed by atoms with van der Waals surface area (Å²) in [5.74, 6) is -0.161. The number of nitrogens with one attached hydrogen (secondary N) is 1. The molecule has 0 saturated carbocycles. The van der Waals surface area contributed by atoms with Crippen molar-refractivity contribution in [3.8, 4) is 0 Å². The molecule has 1 aliphatic rings. The zero-order chi connectivity index (χ0) is 17.6. The van der Waals surface area contributed by atoms with Crippen LogP contribution in [0, 0.1) is 6.92 Å². The highest BCUT2D eigenvalue weighted by atomic mass is 16.1. The van der Waals surface area contributed by atoms with Crippen molar-refractivity contribution in [2.24, 2.45) is 0 Å². The molecule has 3 aromatic rings. The molecule has 0 fully saturated rings. The number of nitrogens with zero attached hydrogens (tertiary/aromatic N) is 5. The molecule has 4 rings (SSSR count). The van der Waals surface area contributed by atoms with Crippen LogP contribution in [-0.2, 0) is 13.0 Å². The van der Waals surface area contributed by atoms with Crippen LogP contribution in [-0.4, -0.2) is 44.0 Å². The van der Waals surface area contributed by atoms with Crippen molar-refractivity contribution < 1.29 is 4.79 Å². The second kappa shape index (κ2) is 5.82. The van der Waals surface area contributed by atoms with Gasteiger partial charge in [-0.1, -0.05) is 0 Å². The number of aromatic nitrogens is 4. The lowest BCUT2D eigenvalue weighted by molar-refractivity contribution is 0.102. The van der Waals surface area contributed by atoms with E-state index < -0.39 is 0 Å². The van der Waals surface area contributed by atoms with Gasteiger partial charge in [-0.15, -0.1) is 5.10 Å². The van der Waals surface area contributed by atoms with E-state index >= 15 is 0 Å². The zero-order valence-corrected chi connectivity index (χ0v) is 14.2. The minimum Gasteiger partial charge on any atom is -0.381 e. The van der Waals surface area contributed by atoms with Gasteiger partial charge in [-0.05, 0) is 37.1 Å². The van der Waals surface area contributed by atoms with Gasteiger partial charge in [0, 0.05) is 31.7 Å². The molecule has 0 aliphatic carbocycles. The van der Waals surface area contributed by atoms with Gasteiger partial charge in [0.1, 0.15) is 5.56 Å². The van der Waals surface area contributed by atoms with Gasteiger partial charge in [0.2, 0.25) is 0 Å². The second-order valence-corrected chi connectivity index (χ2v) is 6.43. The van der Waals surface area contributed by atoms with E-state index in [1.54, 1.807) is 18.6 Å². The predicted octanol–water partition coefficient (Wildman–Crippen LogP) is 1.26. The Morgan fingerprint density at radius 2 is 2.16 bits per heavy atom. The van der Waals surface area contributed by atoms with Crippen molar-refractivity contribution in [3.05, 3.63) is 47.0 Å². The summed E-state index contributed by atoms with van der Waals surface area (Å²) in [5.41, 5.74) is 10.6. The predicted molar refractivity (Wildman–Crippen MR) is 94.4 cm³/mol. The summed E-state index contributed by atoms with van der Waals surface area (Å²) >= 11 is 0. The number of amides is 1. The Morgan fingerprint density at radius 3 is 3.00 bits per heavy atom. The van der Waals surface area contributed by atoms with Gasteiger partial charge in [-0.2, -0.15) is 0 Å². The van der Waals surface area contributed by atoms with Gasteiger partial charge in [0.15, 0.2) is 11.5 Å². The summed E-state index contributed by atoms with van der Waals surface area (Å²) in [6, 6.07) is 0. The van der Waals surface area contributed by atoms with E-state index in [0.29, 0.717) is 5.65 Å². The highest BCUT2D eigenvalue weighted by Gasteiger charge is 2.22. The van der Waals surface area contributed by atoms with Crippen LogP contribution < -0.4 is 11.1 Å². The Morgan fingerprint density at radius 1 is 1.32 bits per heavy atom. The molecule has 25 heavy (non-hydrogen) atoms. The maximum Gasteiger partial charge on any atom is 0.263 e. The number of pyridine rings is 1. The minimum absolute atomic E-state index is 0.160. The molecule has 0 unspecified atom stereocenters. The van der Waals surface area contributed by atoms with Crippen LogP contribution in [0.15, 0.2) is 24.8 Å². The number of hydrogen-bond donors (Lipinski definition) is 2. The second-order valence-electron chi connectivity index (χ2n) is 6.43. The Bertz CT molecular complexity index is 979. The Hall–Kier alpha value is -3.00. The number of fused-ring (bicyclic) bond motifs is 2. The van der Waals surface area contributed by atoms with Gasteiger partial charge < -0.3 is 16.0 Å². The van der Waals surface area contributed by atoms with Crippen LogP contribution in [0.25, 0.3) is 5.65 Å². The third-order valence-corrected chi connectivity index (χ3v) is 4.43. The molecule has 0 radical (unpaired) electrons. The first kappa shape index (κ1) is 15.5. The normalized spacial score (nSPS) is 14.5. The molecular weight excluding hydrogens is 318 g/mol. The molecule has 0 spiro atoms. The van der Waals surface area contributed by atoms with Crippen LogP contribution in [0.1, 0.15) is 27.0 Å². The molecule has 0 saturated heterocycles. The first-order chi connectivity index (χ1) is 12.0. The monoisotopic (exact) mass is 337 g/mol. The molecule has 4 heterocycles. The number of carbonyl (C=O) groups excluding carboxylic acids is 1. The van der Waals surface area contributed by atoms with Crippen molar-refractivity contribution in [2.75, 3.05) is 24.6 Å². The number of carbonyl (C=O) groups is 1. The van der Waals surface area contributed by atoms with Gasteiger partial charge in [-0.25, -0.2) is 9.50 Å². The number of likely N-dealkylation sites (N-methyl/N-ethyl adjacent to an activating group) is 1. The maximum atomic E-state index is 12.8. The molecule has 0 bridgehead atoms. The topological polar surface area (TPSA) is 101 Å². The maximum absolute atomic E-state index is 12.8. The highest BCUT2D eigenvalue weighted by Crippen LogP contribution is 2.26. The minimum atomic E-state index is -0.321. The third kappa shape index (κ3) is 2.70. The molecular formula is C17H19N7O. The third-order valence-electron chi connectivity index (χ3n) is 4.43. The molecule has 1 amide bonds. The number of nitrogens with two attached hydrogens (primary N) is 1. The van der Waals surface area contributed by atoms with Crippen molar-refractivity contribution in [1.82, 2.24) is 24.5 Å². The van der Waals surface area contributed by atoms with E-state index in [1.807, 2.05) is 13.1 Å². The molecule has 8 nitrogen and oxygen atoms in total. The largest absolute Gasteiger partial charge is 0.381 e. The molecule has 1 aliphatic heterocycles.